The number of benzene rings is 2. The van der Waals surface area contributed by atoms with E-state index in [1.807, 2.05) is 75.4 Å². The van der Waals surface area contributed by atoms with Gasteiger partial charge in [0.2, 0.25) is 0 Å². The predicted octanol–water partition coefficient (Wildman–Crippen LogP) is 4.79. The van der Waals surface area contributed by atoms with E-state index in [0.29, 0.717) is 24.6 Å². The molecule has 0 aliphatic rings. The molecule has 158 valence electrons. The molecule has 2 rings (SSSR count). The molecule has 0 saturated heterocycles. The fraction of sp³-hybridized carbons (Fsp3) is 0.435. The van der Waals surface area contributed by atoms with Crippen LogP contribution >= 0.6 is 0 Å². The molecule has 0 aromatic heterocycles. The molecule has 0 heterocycles. The monoisotopic (exact) mass is 400 g/mol. The summed E-state index contributed by atoms with van der Waals surface area (Å²) in [4.78, 5) is 12.3. The lowest BCUT2D eigenvalue weighted by Crippen LogP contribution is -2.34. The highest BCUT2D eigenvalue weighted by Crippen LogP contribution is 2.36. The van der Waals surface area contributed by atoms with E-state index in [1.165, 1.54) is 0 Å². The Bertz CT molecular complexity index is 742. The van der Waals surface area contributed by atoms with Gasteiger partial charge in [0.15, 0.2) is 0 Å². The molecular weight excluding hydrogens is 368 g/mol. The van der Waals surface area contributed by atoms with Crippen LogP contribution < -0.4 is 10.1 Å². The van der Waals surface area contributed by atoms with Crippen LogP contribution in [0.2, 0.25) is 0 Å². The summed E-state index contributed by atoms with van der Waals surface area (Å²) in [5.74, 6) is 0.826. The second-order valence-corrected chi connectivity index (χ2v) is 8.04. The normalized spacial score (nSPS) is 12.3. The number of nitrogens with zero attached hydrogens (tertiary/aromatic N) is 1. The zero-order valence-electron chi connectivity index (χ0n) is 17.7. The standard InChI is InChI=1S/C23H32N2O4/c1-23(2,3)21(19-9-6-5-7-10-19)29-22(26)25(27)16-8-15-24-17-18-11-13-20(28-4)14-12-18/h5-7,9-14,21,24,27H,8,15-17H2,1-4H3. The van der Waals surface area contributed by atoms with E-state index in [0.717, 1.165) is 16.9 Å². The van der Waals surface area contributed by atoms with Crippen LogP contribution in [0.5, 0.6) is 5.75 Å². The van der Waals surface area contributed by atoms with E-state index in [9.17, 15) is 10.0 Å². The van der Waals surface area contributed by atoms with E-state index in [4.69, 9.17) is 9.47 Å². The molecule has 0 aliphatic heterocycles. The van der Waals surface area contributed by atoms with Crippen LogP contribution in [0.15, 0.2) is 54.6 Å². The Kier molecular flexibility index (Phi) is 8.49. The third-order valence-electron chi connectivity index (χ3n) is 4.53. The number of hydroxylamine groups is 2. The average molecular weight is 401 g/mol. The molecule has 6 heteroatoms. The minimum absolute atomic E-state index is 0.195. The van der Waals surface area contributed by atoms with E-state index in [1.54, 1.807) is 7.11 Å². The van der Waals surface area contributed by atoms with Crippen molar-refractivity contribution in [1.29, 1.82) is 0 Å². The Hall–Kier alpha value is -2.57. The maximum absolute atomic E-state index is 12.3. The number of carbonyl (C=O) groups is 1. The molecule has 1 atom stereocenters. The van der Waals surface area contributed by atoms with Crippen molar-refractivity contribution in [3.63, 3.8) is 0 Å². The third kappa shape index (κ3) is 7.40. The van der Waals surface area contributed by atoms with Crippen LogP contribution in [0.1, 0.15) is 44.4 Å². The van der Waals surface area contributed by atoms with Crippen molar-refractivity contribution in [2.45, 2.75) is 39.8 Å². The molecule has 0 radical (unpaired) electrons. The summed E-state index contributed by atoms with van der Waals surface area (Å²) >= 11 is 0. The highest BCUT2D eigenvalue weighted by atomic mass is 16.6. The van der Waals surface area contributed by atoms with Crippen molar-refractivity contribution in [3.05, 3.63) is 65.7 Å². The Balaban J connectivity index is 1.76. The zero-order chi connectivity index (χ0) is 21.3. The minimum Gasteiger partial charge on any atom is -0.497 e. The third-order valence-corrected chi connectivity index (χ3v) is 4.53. The van der Waals surface area contributed by atoms with Crippen molar-refractivity contribution in [2.24, 2.45) is 5.41 Å². The number of nitrogens with one attached hydrogen (secondary N) is 1. The number of hydrogen-bond acceptors (Lipinski definition) is 5. The van der Waals surface area contributed by atoms with E-state index in [-0.39, 0.29) is 12.0 Å². The fourth-order valence-corrected chi connectivity index (χ4v) is 2.96. The quantitative estimate of drug-likeness (QED) is 0.360. The van der Waals surface area contributed by atoms with E-state index in [2.05, 4.69) is 5.32 Å². The molecule has 2 N–H and O–H groups in total. The summed E-state index contributed by atoms with van der Waals surface area (Å²) < 4.78 is 10.8. The van der Waals surface area contributed by atoms with Crippen LogP contribution in [0, 0.1) is 5.41 Å². The second-order valence-electron chi connectivity index (χ2n) is 8.04. The zero-order valence-corrected chi connectivity index (χ0v) is 17.7. The van der Waals surface area contributed by atoms with Crippen molar-refractivity contribution < 1.29 is 19.5 Å². The number of hydrogen-bond donors (Lipinski definition) is 2. The molecule has 2 aromatic carbocycles. The predicted molar refractivity (Wildman–Crippen MR) is 113 cm³/mol. The lowest BCUT2D eigenvalue weighted by molar-refractivity contribution is -0.0959. The van der Waals surface area contributed by atoms with E-state index < -0.39 is 12.2 Å². The lowest BCUT2D eigenvalue weighted by atomic mass is 9.84. The summed E-state index contributed by atoms with van der Waals surface area (Å²) in [6.45, 7) is 7.58. The van der Waals surface area contributed by atoms with Gasteiger partial charge in [-0.2, -0.15) is 5.06 Å². The summed E-state index contributed by atoms with van der Waals surface area (Å²) in [5, 5.41) is 14.0. The van der Waals surface area contributed by atoms with Crippen LogP contribution in [0.3, 0.4) is 0 Å². The van der Waals surface area contributed by atoms with Gasteiger partial charge in [-0.1, -0.05) is 63.2 Å². The Labute approximate surface area is 173 Å². The Morgan fingerprint density at radius 2 is 1.76 bits per heavy atom. The van der Waals surface area contributed by atoms with Gasteiger partial charge in [0.25, 0.3) is 0 Å². The van der Waals surface area contributed by atoms with Gasteiger partial charge in [-0.05, 0) is 36.2 Å². The van der Waals surface area contributed by atoms with Crippen molar-refractivity contribution in [3.8, 4) is 5.75 Å². The van der Waals surface area contributed by atoms with Gasteiger partial charge in [-0.15, -0.1) is 0 Å². The number of carbonyl (C=O) groups excluding carboxylic acids is 1. The van der Waals surface area contributed by atoms with Crippen LogP contribution in [-0.4, -0.2) is 36.6 Å². The van der Waals surface area contributed by atoms with Gasteiger partial charge in [-0.3, -0.25) is 5.21 Å². The maximum Gasteiger partial charge on any atom is 0.434 e. The largest absolute Gasteiger partial charge is 0.497 e. The second kappa shape index (κ2) is 10.8. The highest BCUT2D eigenvalue weighted by Gasteiger charge is 2.31. The average Bonchev–Trinajstić information content (AvgIpc) is 2.71. The molecule has 0 aliphatic carbocycles. The summed E-state index contributed by atoms with van der Waals surface area (Å²) in [6.07, 6.45) is -0.573. The number of ether oxygens (including phenoxy) is 2. The minimum atomic E-state index is -0.732. The van der Waals surface area contributed by atoms with Gasteiger partial charge < -0.3 is 14.8 Å². The Morgan fingerprint density at radius 1 is 1.10 bits per heavy atom. The topological polar surface area (TPSA) is 71.0 Å². The molecule has 2 aromatic rings. The molecule has 0 spiro atoms. The van der Waals surface area contributed by atoms with Gasteiger partial charge in [0, 0.05) is 12.0 Å². The fourth-order valence-electron chi connectivity index (χ4n) is 2.96. The van der Waals surface area contributed by atoms with Crippen LogP contribution in [0.4, 0.5) is 4.79 Å². The molecule has 0 fully saturated rings. The van der Waals surface area contributed by atoms with Gasteiger partial charge in [-0.25, -0.2) is 4.79 Å². The summed E-state index contributed by atoms with van der Waals surface area (Å²) in [7, 11) is 1.64. The van der Waals surface area contributed by atoms with Gasteiger partial charge in [0.1, 0.15) is 11.9 Å². The Morgan fingerprint density at radius 3 is 2.34 bits per heavy atom. The van der Waals surface area contributed by atoms with Crippen molar-refractivity contribution in [1.82, 2.24) is 10.4 Å². The van der Waals surface area contributed by atoms with Crippen LogP contribution in [0.25, 0.3) is 0 Å². The molecule has 1 amide bonds. The van der Waals surface area contributed by atoms with Crippen molar-refractivity contribution in [2.75, 3.05) is 20.2 Å². The maximum atomic E-state index is 12.3. The molecule has 6 nitrogen and oxygen atoms in total. The SMILES string of the molecule is COc1ccc(CNCCCN(O)C(=O)OC(c2ccccc2)C(C)(C)C)cc1. The smallest absolute Gasteiger partial charge is 0.434 e. The molecule has 1 unspecified atom stereocenters. The first-order chi connectivity index (χ1) is 13.8. The highest BCUT2D eigenvalue weighted by molar-refractivity contribution is 5.66. The van der Waals surface area contributed by atoms with E-state index >= 15 is 0 Å². The van der Waals surface area contributed by atoms with Gasteiger partial charge in [0.05, 0.1) is 13.7 Å². The molecule has 29 heavy (non-hydrogen) atoms. The number of amides is 1. The first-order valence-electron chi connectivity index (χ1n) is 9.87. The molecular formula is C23H32N2O4. The van der Waals surface area contributed by atoms with Crippen LogP contribution in [-0.2, 0) is 11.3 Å². The number of methoxy groups -OCH3 is 1. The molecule has 0 saturated carbocycles. The number of rotatable bonds is 9. The summed E-state index contributed by atoms with van der Waals surface area (Å²) in [6, 6.07) is 17.4. The van der Waals surface area contributed by atoms with Gasteiger partial charge >= 0.3 is 6.09 Å². The lowest BCUT2D eigenvalue weighted by Gasteiger charge is -2.31. The van der Waals surface area contributed by atoms with Crippen molar-refractivity contribution >= 4 is 6.09 Å². The first-order valence-corrected chi connectivity index (χ1v) is 9.87. The first kappa shape index (κ1) is 22.7. The summed E-state index contributed by atoms with van der Waals surface area (Å²) in [5.41, 5.74) is 1.75. The molecule has 0 bridgehead atoms.